The van der Waals surface area contributed by atoms with Crippen LogP contribution in [0.2, 0.25) is 0 Å². The van der Waals surface area contributed by atoms with Crippen molar-refractivity contribution in [3.05, 3.63) is 118 Å². The van der Waals surface area contributed by atoms with E-state index in [1.54, 1.807) is 60.7 Å². The molecule has 4 rings (SSSR count). The van der Waals surface area contributed by atoms with E-state index in [2.05, 4.69) is 15.5 Å². The second-order valence-corrected chi connectivity index (χ2v) is 9.82. The van der Waals surface area contributed by atoms with Crippen molar-refractivity contribution in [3.8, 4) is 5.75 Å². The topological polar surface area (TPSA) is 141 Å². The number of nitrogens with zero attached hydrogens (tertiary/aromatic N) is 4. The molecule has 10 nitrogen and oxygen atoms in total. The number of azide groups is 1. The van der Waals surface area contributed by atoms with Gasteiger partial charge in [0.25, 0.3) is 5.91 Å². The van der Waals surface area contributed by atoms with E-state index in [0.717, 1.165) is 5.56 Å². The molecule has 3 aromatic rings. The van der Waals surface area contributed by atoms with E-state index < -0.39 is 30.3 Å². The first-order chi connectivity index (χ1) is 21.3. The van der Waals surface area contributed by atoms with Gasteiger partial charge in [-0.2, -0.15) is 13.2 Å². The minimum Gasteiger partial charge on any atom is -0.494 e. The Hall–Kier alpha value is -4.84. The molecule has 0 unspecified atom stereocenters. The Kier molecular flexibility index (Phi) is 11.0. The molecule has 0 fully saturated rings. The predicted molar refractivity (Wildman–Crippen MR) is 158 cm³/mol. The fourth-order valence-electron chi connectivity index (χ4n) is 4.61. The van der Waals surface area contributed by atoms with Crippen LogP contribution in [0.15, 0.2) is 95.0 Å². The molecule has 0 aromatic heterocycles. The second kappa shape index (κ2) is 15.1. The third-order valence-corrected chi connectivity index (χ3v) is 6.70. The number of rotatable bonds is 14. The summed E-state index contributed by atoms with van der Waals surface area (Å²) in [6.45, 7) is -1.20. The minimum absolute atomic E-state index is 0.00797. The number of hydrazine groups is 1. The third-order valence-electron chi connectivity index (χ3n) is 6.70. The highest BCUT2D eigenvalue weighted by Crippen LogP contribution is 2.44. The average Bonchev–Trinajstić information content (AvgIpc) is 3.41. The molecule has 3 aromatic carbocycles. The normalized spacial score (nSPS) is 17.9. The van der Waals surface area contributed by atoms with E-state index in [9.17, 15) is 18.0 Å². The van der Waals surface area contributed by atoms with Gasteiger partial charge in [0.05, 0.1) is 13.2 Å². The zero-order valence-corrected chi connectivity index (χ0v) is 23.6. The quantitative estimate of drug-likeness (QED) is 0.0697. The molecule has 1 aliphatic rings. The number of ether oxygens (including phenoxy) is 2. The molecule has 2 atom stereocenters. The molecule has 13 heteroatoms. The molecule has 230 valence electrons. The summed E-state index contributed by atoms with van der Waals surface area (Å²) < 4.78 is 50.8. The maximum atomic E-state index is 13.9. The molecule has 44 heavy (non-hydrogen) atoms. The fraction of sp³-hybridized carbons (Fsp3) is 0.290. The fourth-order valence-corrected chi connectivity index (χ4v) is 4.61. The van der Waals surface area contributed by atoms with E-state index in [1.807, 2.05) is 35.8 Å². The van der Waals surface area contributed by atoms with Crippen molar-refractivity contribution < 1.29 is 32.5 Å². The summed E-state index contributed by atoms with van der Waals surface area (Å²) >= 11 is 0. The molecule has 0 spiro atoms. The zero-order chi connectivity index (χ0) is 31.4. The van der Waals surface area contributed by atoms with Crippen molar-refractivity contribution in [2.24, 2.45) is 10.1 Å². The van der Waals surface area contributed by atoms with Crippen LogP contribution in [0.5, 0.6) is 5.75 Å². The van der Waals surface area contributed by atoms with Gasteiger partial charge in [0.15, 0.2) is 11.6 Å². The van der Waals surface area contributed by atoms with Crippen molar-refractivity contribution in [3.63, 3.8) is 0 Å². The summed E-state index contributed by atoms with van der Waals surface area (Å²) in [7, 11) is 0. The van der Waals surface area contributed by atoms with Gasteiger partial charge in [-0.3, -0.25) is 10.2 Å². The van der Waals surface area contributed by atoms with Crippen LogP contribution < -0.4 is 15.6 Å². The molecule has 0 saturated carbocycles. The highest BCUT2D eigenvalue weighted by molar-refractivity contribution is 6.01. The number of hydrogen-bond acceptors (Lipinski definition) is 7. The Morgan fingerprint density at radius 2 is 1.84 bits per heavy atom. The molecule has 0 bridgehead atoms. The van der Waals surface area contributed by atoms with Crippen LogP contribution >= 0.6 is 0 Å². The number of amides is 1. The largest absolute Gasteiger partial charge is 0.494 e. The molecule has 1 heterocycles. The molecule has 1 aliphatic heterocycles. The molecule has 1 amide bonds. The lowest BCUT2D eigenvalue weighted by Crippen LogP contribution is -2.54. The molecule has 0 aliphatic carbocycles. The molecular formula is C31H31F3N6O4. The standard InChI is InChI=1S/C31H31F3N6O4/c32-31(33,34)21-37-39-29(42)30(17-6-10-22-8-2-1-3-9-22)27(26-12-5-4-11-24(26)20-36-40-35)44-28(38-30)23-13-15-25(16-14-23)43-19-7-18-41/h1-6,8-16,27,37,41H,7,17-21H2,(H,39,42)/b10-6+/t27-,30-/m0/s1. The monoisotopic (exact) mass is 608 g/mol. The van der Waals surface area contributed by atoms with Gasteiger partial charge in [-0.05, 0) is 46.5 Å². The number of hydrogen-bond donors (Lipinski definition) is 3. The Balaban J connectivity index is 1.78. The number of nitrogens with one attached hydrogen (secondary N) is 2. The van der Waals surface area contributed by atoms with Gasteiger partial charge >= 0.3 is 6.18 Å². The smallest absolute Gasteiger partial charge is 0.402 e. The van der Waals surface area contributed by atoms with Gasteiger partial charge in [-0.1, -0.05) is 71.9 Å². The van der Waals surface area contributed by atoms with Crippen molar-refractivity contribution >= 4 is 17.9 Å². The number of carbonyl (C=O) groups is 1. The highest BCUT2D eigenvalue weighted by Gasteiger charge is 2.53. The predicted octanol–water partition coefficient (Wildman–Crippen LogP) is 5.80. The number of aliphatic hydroxyl groups excluding tert-OH is 1. The number of benzene rings is 3. The lowest BCUT2D eigenvalue weighted by molar-refractivity contribution is -0.136. The van der Waals surface area contributed by atoms with E-state index in [4.69, 9.17) is 25.1 Å². The summed E-state index contributed by atoms with van der Waals surface area (Å²) in [5.74, 6) is -0.209. The Morgan fingerprint density at radius 3 is 2.55 bits per heavy atom. The number of aliphatic hydroxyl groups is 1. The van der Waals surface area contributed by atoms with E-state index >= 15 is 0 Å². The summed E-state index contributed by atoms with van der Waals surface area (Å²) in [6, 6.07) is 22.9. The summed E-state index contributed by atoms with van der Waals surface area (Å²) in [5.41, 5.74) is 13.7. The number of carbonyl (C=O) groups excluding carboxylic acids is 1. The highest BCUT2D eigenvalue weighted by atomic mass is 19.4. The van der Waals surface area contributed by atoms with Crippen molar-refractivity contribution in [1.29, 1.82) is 0 Å². The molecule has 3 N–H and O–H groups in total. The summed E-state index contributed by atoms with van der Waals surface area (Å²) in [4.78, 5) is 21.5. The van der Waals surface area contributed by atoms with Gasteiger partial charge in [-0.25, -0.2) is 10.4 Å². The van der Waals surface area contributed by atoms with Gasteiger partial charge in [0.1, 0.15) is 12.3 Å². The van der Waals surface area contributed by atoms with Crippen LogP contribution in [0.1, 0.15) is 41.2 Å². The molecule has 0 saturated heterocycles. The summed E-state index contributed by atoms with van der Waals surface area (Å²) in [6.07, 6.45) is -1.76. The van der Waals surface area contributed by atoms with E-state index in [-0.39, 0.29) is 25.5 Å². The number of halogens is 3. The second-order valence-electron chi connectivity index (χ2n) is 9.82. The van der Waals surface area contributed by atoms with Crippen LogP contribution in [0.25, 0.3) is 16.5 Å². The van der Waals surface area contributed by atoms with Gasteiger partial charge in [-0.15, -0.1) is 0 Å². The minimum atomic E-state index is -4.57. The van der Waals surface area contributed by atoms with Crippen LogP contribution in [0.3, 0.4) is 0 Å². The zero-order valence-electron chi connectivity index (χ0n) is 23.6. The van der Waals surface area contributed by atoms with Crippen molar-refractivity contribution in [2.45, 2.75) is 37.2 Å². The maximum absolute atomic E-state index is 13.9. The average molecular weight is 609 g/mol. The lowest BCUT2D eigenvalue weighted by atomic mass is 9.82. The van der Waals surface area contributed by atoms with Crippen LogP contribution in [0, 0.1) is 0 Å². The summed E-state index contributed by atoms with van der Waals surface area (Å²) in [5, 5.41) is 12.7. The Morgan fingerprint density at radius 1 is 1.11 bits per heavy atom. The number of aliphatic imine (C=N–C) groups is 1. The van der Waals surface area contributed by atoms with Gasteiger partial charge < -0.3 is 14.6 Å². The molecule has 0 radical (unpaired) electrons. The van der Waals surface area contributed by atoms with Crippen LogP contribution in [-0.2, 0) is 16.1 Å². The van der Waals surface area contributed by atoms with Crippen molar-refractivity contribution in [1.82, 2.24) is 10.9 Å². The Bertz CT molecular complexity index is 1510. The van der Waals surface area contributed by atoms with Crippen LogP contribution in [0.4, 0.5) is 13.2 Å². The SMILES string of the molecule is [N-]=[N+]=NCc1ccccc1[C@@H]1OC(c2ccc(OCCCO)cc2)=N[C@]1(C/C=C/c1ccccc1)C(=O)NNCC(F)(F)F. The Labute approximate surface area is 251 Å². The number of alkyl halides is 3. The first-order valence-corrected chi connectivity index (χ1v) is 13.8. The first-order valence-electron chi connectivity index (χ1n) is 13.8. The van der Waals surface area contributed by atoms with Crippen molar-refractivity contribution in [2.75, 3.05) is 19.8 Å². The van der Waals surface area contributed by atoms with Gasteiger partial charge in [0, 0.05) is 29.9 Å². The van der Waals surface area contributed by atoms with Gasteiger partial charge in [0.2, 0.25) is 5.90 Å². The van der Waals surface area contributed by atoms with Crippen LogP contribution in [-0.4, -0.2) is 48.4 Å². The van der Waals surface area contributed by atoms with E-state index in [0.29, 0.717) is 35.5 Å². The lowest BCUT2D eigenvalue weighted by Gasteiger charge is -2.31. The third kappa shape index (κ3) is 8.38. The maximum Gasteiger partial charge on any atom is 0.402 e. The van der Waals surface area contributed by atoms with E-state index in [1.165, 1.54) is 0 Å². The molecular weight excluding hydrogens is 577 g/mol. The first kappa shape index (κ1) is 32.1.